The summed E-state index contributed by atoms with van der Waals surface area (Å²) in [5.41, 5.74) is 4.71. The Morgan fingerprint density at radius 3 is 2.57 bits per heavy atom. The van der Waals surface area contributed by atoms with E-state index in [1.165, 1.54) is 29.0 Å². The molecule has 5 nitrogen and oxygen atoms in total. The molecular weight excluding hydrogens is 371 g/mol. The number of aromatic amines is 1. The summed E-state index contributed by atoms with van der Waals surface area (Å²) >= 11 is 0. The van der Waals surface area contributed by atoms with Crippen LogP contribution in [0.15, 0.2) is 53.6 Å². The molecule has 1 amide bonds. The number of carbonyl (C=O) groups excluding carboxylic acids is 1. The zero-order valence-corrected chi connectivity index (χ0v) is 14.6. The van der Waals surface area contributed by atoms with Crippen molar-refractivity contribution in [2.75, 3.05) is 0 Å². The maximum absolute atomic E-state index is 13.8. The molecule has 0 atom stereocenters. The Morgan fingerprint density at radius 2 is 1.89 bits per heavy atom. The number of pyridine rings is 1. The highest BCUT2D eigenvalue weighted by molar-refractivity contribution is 5.97. The Morgan fingerprint density at radius 1 is 1.14 bits per heavy atom. The van der Waals surface area contributed by atoms with Crippen molar-refractivity contribution in [3.63, 3.8) is 0 Å². The second kappa shape index (κ2) is 5.98. The molecule has 0 saturated carbocycles. The topological polar surface area (TPSA) is 80.9 Å². The van der Waals surface area contributed by atoms with E-state index in [4.69, 9.17) is 5.73 Å². The summed E-state index contributed by atoms with van der Waals surface area (Å²) in [6, 6.07) is 8.64. The zero-order chi connectivity index (χ0) is 20.2. The standard InChI is InChI=1S/C20H14F3N3O2/c1-10-2-3-12-16(6-10)26(9-13(18(12)27)19(24)28)17-8-15-11(4-5-25-15)7-14(17)20(21,22)23/h2-9,25H,1H3,(H2,24,28). The second-order valence-corrected chi connectivity index (χ2v) is 6.56. The number of nitrogens with one attached hydrogen (secondary N) is 1. The van der Waals surface area contributed by atoms with Crippen molar-refractivity contribution in [3.8, 4) is 5.69 Å². The molecule has 2 heterocycles. The summed E-state index contributed by atoms with van der Waals surface area (Å²) in [5, 5.41) is 0.509. The molecule has 4 aromatic rings. The molecular formula is C20H14F3N3O2. The van der Waals surface area contributed by atoms with Gasteiger partial charge in [-0.2, -0.15) is 13.2 Å². The van der Waals surface area contributed by atoms with E-state index in [2.05, 4.69) is 4.98 Å². The van der Waals surface area contributed by atoms with E-state index < -0.39 is 23.1 Å². The van der Waals surface area contributed by atoms with E-state index in [9.17, 15) is 22.8 Å². The van der Waals surface area contributed by atoms with Gasteiger partial charge in [-0.15, -0.1) is 0 Å². The van der Waals surface area contributed by atoms with Crippen LogP contribution < -0.4 is 11.2 Å². The Bertz CT molecular complexity index is 1320. The third kappa shape index (κ3) is 2.74. The van der Waals surface area contributed by atoms with Crippen LogP contribution in [-0.2, 0) is 6.18 Å². The van der Waals surface area contributed by atoms with Gasteiger partial charge in [-0.1, -0.05) is 6.07 Å². The molecule has 0 radical (unpaired) electrons. The quantitative estimate of drug-likeness (QED) is 0.549. The van der Waals surface area contributed by atoms with Gasteiger partial charge in [-0.25, -0.2) is 0 Å². The lowest BCUT2D eigenvalue weighted by Gasteiger charge is -2.18. The van der Waals surface area contributed by atoms with Gasteiger partial charge in [0.1, 0.15) is 5.56 Å². The number of primary amides is 1. The number of benzene rings is 2. The number of rotatable bonds is 2. The summed E-state index contributed by atoms with van der Waals surface area (Å²) < 4.78 is 42.6. The summed E-state index contributed by atoms with van der Waals surface area (Å²) in [7, 11) is 0. The SMILES string of the molecule is Cc1ccc2c(=O)c(C(N)=O)cn(-c3cc4[nH]ccc4cc3C(F)(F)F)c2c1. The molecule has 4 rings (SSSR count). The molecule has 0 aliphatic heterocycles. The van der Waals surface area contributed by atoms with E-state index in [1.807, 2.05) is 0 Å². The minimum atomic E-state index is -4.65. The molecule has 142 valence electrons. The van der Waals surface area contributed by atoms with Crippen LogP contribution >= 0.6 is 0 Å². The maximum atomic E-state index is 13.8. The number of nitrogens with two attached hydrogens (primary N) is 1. The summed E-state index contributed by atoms with van der Waals surface area (Å²) in [6.45, 7) is 1.76. The lowest BCUT2D eigenvalue weighted by atomic mass is 10.1. The minimum Gasteiger partial charge on any atom is -0.365 e. The molecule has 0 spiro atoms. The normalized spacial score (nSPS) is 12.0. The van der Waals surface area contributed by atoms with Gasteiger partial charge in [0.25, 0.3) is 5.91 Å². The zero-order valence-electron chi connectivity index (χ0n) is 14.6. The molecule has 0 aliphatic carbocycles. The maximum Gasteiger partial charge on any atom is 0.418 e. The number of halogens is 3. The van der Waals surface area contributed by atoms with E-state index in [-0.39, 0.29) is 22.2 Å². The lowest BCUT2D eigenvalue weighted by molar-refractivity contribution is -0.137. The van der Waals surface area contributed by atoms with Crippen LogP contribution in [0, 0.1) is 6.92 Å². The number of aromatic nitrogens is 2. The highest BCUT2D eigenvalue weighted by Gasteiger charge is 2.35. The van der Waals surface area contributed by atoms with Crippen LogP contribution in [0.2, 0.25) is 0 Å². The Hall–Kier alpha value is -3.55. The van der Waals surface area contributed by atoms with Crippen LogP contribution in [0.3, 0.4) is 0 Å². The van der Waals surface area contributed by atoms with Gasteiger partial charge in [0, 0.05) is 28.7 Å². The van der Waals surface area contributed by atoms with Gasteiger partial charge in [-0.3, -0.25) is 9.59 Å². The number of H-pyrrole nitrogens is 1. The molecule has 0 aliphatic rings. The Labute approximate surface area is 156 Å². The van der Waals surface area contributed by atoms with Crippen LogP contribution in [-0.4, -0.2) is 15.5 Å². The highest BCUT2D eigenvalue weighted by atomic mass is 19.4. The average molecular weight is 385 g/mol. The second-order valence-electron chi connectivity index (χ2n) is 6.56. The van der Waals surface area contributed by atoms with Gasteiger partial charge in [0.2, 0.25) is 5.43 Å². The first-order valence-electron chi connectivity index (χ1n) is 8.31. The molecule has 0 saturated heterocycles. The lowest BCUT2D eigenvalue weighted by Crippen LogP contribution is -2.24. The largest absolute Gasteiger partial charge is 0.418 e. The van der Waals surface area contributed by atoms with E-state index in [0.29, 0.717) is 10.9 Å². The predicted molar refractivity (Wildman–Crippen MR) is 99.7 cm³/mol. The van der Waals surface area contributed by atoms with Crippen molar-refractivity contribution >= 4 is 27.7 Å². The summed E-state index contributed by atoms with van der Waals surface area (Å²) in [4.78, 5) is 27.2. The number of hydrogen-bond donors (Lipinski definition) is 2. The molecule has 2 aromatic carbocycles. The first kappa shape index (κ1) is 17.8. The fourth-order valence-electron chi connectivity index (χ4n) is 3.33. The Kier molecular flexibility index (Phi) is 3.81. The molecule has 28 heavy (non-hydrogen) atoms. The monoisotopic (exact) mass is 385 g/mol. The third-order valence-corrected chi connectivity index (χ3v) is 4.66. The van der Waals surface area contributed by atoms with Crippen molar-refractivity contribution in [1.82, 2.24) is 9.55 Å². The third-order valence-electron chi connectivity index (χ3n) is 4.66. The van der Waals surface area contributed by atoms with Crippen LogP contribution in [0.1, 0.15) is 21.5 Å². The average Bonchev–Trinajstić information content (AvgIpc) is 3.07. The van der Waals surface area contributed by atoms with Crippen molar-refractivity contribution in [1.29, 1.82) is 0 Å². The minimum absolute atomic E-state index is 0.113. The number of nitrogens with zero attached hydrogens (tertiary/aromatic N) is 1. The van der Waals surface area contributed by atoms with Crippen LogP contribution in [0.5, 0.6) is 0 Å². The van der Waals surface area contributed by atoms with Crippen LogP contribution in [0.25, 0.3) is 27.5 Å². The summed E-state index contributed by atoms with van der Waals surface area (Å²) in [5.74, 6) is -1.00. The number of carbonyl (C=O) groups is 1. The molecule has 0 fully saturated rings. The summed E-state index contributed by atoms with van der Waals surface area (Å²) in [6.07, 6.45) is -2.03. The van der Waals surface area contributed by atoms with Crippen LogP contribution in [0.4, 0.5) is 13.2 Å². The van der Waals surface area contributed by atoms with Crippen molar-refractivity contribution < 1.29 is 18.0 Å². The smallest absolute Gasteiger partial charge is 0.365 e. The van der Waals surface area contributed by atoms with Gasteiger partial charge in [0.05, 0.1) is 16.8 Å². The highest BCUT2D eigenvalue weighted by Crippen LogP contribution is 2.37. The number of aryl methyl sites for hydroxylation is 1. The van der Waals surface area contributed by atoms with Crippen molar-refractivity contribution in [3.05, 3.63) is 75.7 Å². The molecule has 8 heteroatoms. The number of fused-ring (bicyclic) bond motifs is 2. The number of amides is 1. The fraction of sp³-hybridized carbons (Fsp3) is 0.100. The van der Waals surface area contributed by atoms with Gasteiger partial charge < -0.3 is 15.3 Å². The first-order chi connectivity index (χ1) is 13.2. The van der Waals surface area contributed by atoms with Crippen molar-refractivity contribution in [2.24, 2.45) is 5.73 Å². The molecule has 0 unspecified atom stereocenters. The first-order valence-corrected chi connectivity index (χ1v) is 8.31. The fourth-order valence-corrected chi connectivity index (χ4v) is 3.33. The van der Waals surface area contributed by atoms with Gasteiger partial charge in [-0.05, 0) is 42.8 Å². The van der Waals surface area contributed by atoms with E-state index in [1.54, 1.807) is 19.1 Å². The van der Waals surface area contributed by atoms with Gasteiger partial charge >= 0.3 is 6.18 Å². The Balaban J connectivity index is 2.20. The number of hydrogen-bond acceptors (Lipinski definition) is 2. The predicted octanol–water partition coefficient (Wildman–Crippen LogP) is 3.90. The van der Waals surface area contributed by atoms with E-state index in [0.717, 1.165) is 17.8 Å². The van der Waals surface area contributed by atoms with Crippen molar-refractivity contribution in [2.45, 2.75) is 13.1 Å². The number of alkyl halides is 3. The molecule has 3 N–H and O–H groups in total. The van der Waals surface area contributed by atoms with E-state index >= 15 is 0 Å². The van der Waals surface area contributed by atoms with Gasteiger partial charge in [0.15, 0.2) is 0 Å². The molecule has 2 aromatic heterocycles. The molecule has 0 bridgehead atoms.